The fourth-order valence-corrected chi connectivity index (χ4v) is 3.87. The average Bonchev–Trinajstić information content (AvgIpc) is 2.97. The first-order valence-corrected chi connectivity index (χ1v) is 12.4. The predicted octanol–water partition coefficient (Wildman–Crippen LogP) is 2.59. The molecular formula is C28H31N5O6. The van der Waals surface area contributed by atoms with E-state index < -0.39 is 11.9 Å². The Balaban J connectivity index is 1.34. The van der Waals surface area contributed by atoms with E-state index in [1.165, 1.54) is 6.08 Å². The maximum Gasteiger partial charge on any atom is 0.338 e. The van der Waals surface area contributed by atoms with Gasteiger partial charge in [-0.3, -0.25) is 9.69 Å². The number of morpholine rings is 1. The fourth-order valence-electron chi connectivity index (χ4n) is 3.87. The van der Waals surface area contributed by atoms with Gasteiger partial charge in [-0.1, -0.05) is 0 Å². The molecule has 3 N–H and O–H groups in total. The Hall–Kier alpha value is -4.48. The summed E-state index contributed by atoms with van der Waals surface area (Å²) in [5.74, 6) is 0.482. The summed E-state index contributed by atoms with van der Waals surface area (Å²) in [6, 6.07) is 13.6. The molecule has 2 aromatic carbocycles. The molecule has 1 aromatic heterocycles. The van der Waals surface area contributed by atoms with Gasteiger partial charge in [0.2, 0.25) is 0 Å². The molecule has 0 aliphatic carbocycles. The summed E-state index contributed by atoms with van der Waals surface area (Å²) in [7, 11) is 3.12. The number of nitrogens with two attached hydrogens (primary N) is 1. The molecule has 0 atom stereocenters. The smallest absolute Gasteiger partial charge is 0.338 e. The van der Waals surface area contributed by atoms with Crippen molar-refractivity contribution in [2.24, 2.45) is 5.73 Å². The van der Waals surface area contributed by atoms with Crippen LogP contribution in [-0.4, -0.2) is 80.4 Å². The van der Waals surface area contributed by atoms with Crippen LogP contribution in [0.2, 0.25) is 0 Å². The molecule has 0 bridgehead atoms. The number of esters is 1. The lowest BCUT2D eigenvalue weighted by Gasteiger charge is -2.26. The molecule has 0 radical (unpaired) electrons. The highest BCUT2D eigenvalue weighted by Gasteiger charge is 2.13. The Labute approximate surface area is 226 Å². The van der Waals surface area contributed by atoms with Crippen molar-refractivity contribution in [3.05, 3.63) is 71.8 Å². The van der Waals surface area contributed by atoms with Gasteiger partial charge in [0, 0.05) is 43.2 Å². The topological polar surface area (TPSA) is 138 Å². The minimum Gasteiger partial charge on any atom is -0.493 e. The van der Waals surface area contributed by atoms with Gasteiger partial charge in [-0.2, -0.15) is 0 Å². The Morgan fingerprint density at radius 1 is 1.05 bits per heavy atom. The number of carbonyl (C=O) groups excluding carboxylic acids is 2. The van der Waals surface area contributed by atoms with Gasteiger partial charge in [0.05, 0.1) is 38.7 Å². The minimum atomic E-state index is -0.532. The molecule has 1 aliphatic rings. The van der Waals surface area contributed by atoms with Gasteiger partial charge in [0.25, 0.3) is 5.91 Å². The highest BCUT2D eigenvalue weighted by Crippen LogP contribution is 2.31. The number of methoxy groups -OCH3 is 2. The second-order valence-electron chi connectivity index (χ2n) is 8.59. The minimum absolute atomic E-state index is 0.0777. The van der Waals surface area contributed by atoms with E-state index in [1.807, 2.05) is 6.07 Å². The molecular weight excluding hydrogens is 502 g/mol. The number of amides is 1. The molecule has 4 rings (SSSR count). The van der Waals surface area contributed by atoms with Crippen LogP contribution in [0.5, 0.6) is 11.5 Å². The number of aromatic nitrogens is 2. The molecule has 0 saturated carbocycles. The number of hydrogen-bond acceptors (Lipinski definition) is 10. The highest BCUT2D eigenvalue weighted by molar-refractivity contribution is 6.05. The highest BCUT2D eigenvalue weighted by atomic mass is 16.5. The van der Waals surface area contributed by atoms with E-state index in [2.05, 4.69) is 20.2 Å². The summed E-state index contributed by atoms with van der Waals surface area (Å²) in [6.07, 6.45) is 2.97. The van der Waals surface area contributed by atoms with E-state index in [0.29, 0.717) is 54.8 Å². The van der Waals surface area contributed by atoms with E-state index in [9.17, 15) is 9.59 Å². The van der Waals surface area contributed by atoms with Crippen LogP contribution in [0.15, 0.2) is 60.4 Å². The van der Waals surface area contributed by atoms with Crippen molar-refractivity contribution in [3.8, 4) is 22.8 Å². The summed E-state index contributed by atoms with van der Waals surface area (Å²) in [5, 5.41) is 2.70. The Kier molecular flexibility index (Phi) is 9.44. The van der Waals surface area contributed by atoms with Crippen LogP contribution < -0.4 is 20.5 Å². The number of anilines is 1. The number of rotatable bonds is 10. The van der Waals surface area contributed by atoms with Gasteiger partial charge in [0.1, 0.15) is 12.3 Å². The summed E-state index contributed by atoms with van der Waals surface area (Å²) in [6.45, 7) is 4.01. The molecule has 11 nitrogen and oxygen atoms in total. The molecule has 0 unspecified atom stereocenters. The number of nitrogens with zero attached hydrogens (tertiary/aromatic N) is 3. The van der Waals surface area contributed by atoms with Crippen molar-refractivity contribution in [2.45, 2.75) is 0 Å². The van der Waals surface area contributed by atoms with Crippen molar-refractivity contribution in [1.82, 2.24) is 14.9 Å². The third-order valence-corrected chi connectivity index (χ3v) is 6.02. The van der Waals surface area contributed by atoms with Crippen LogP contribution in [0.25, 0.3) is 17.3 Å². The molecule has 0 spiro atoms. The first kappa shape index (κ1) is 27.6. The van der Waals surface area contributed by atoms with E-state index in [4.69, 9.17) is 24.7 Å². The third kappa shape index (κ3) is 7.53. The van der Waals surface area contributed by atoms with Crippen molar-refractivity contribution in [2.75, 3.05) is 59.0 Å². The quantitative estimate of drug-likeness (QED) is 0.295. The summed E-state index contributed by atoms with van der Waals surface area (Å²) in [5.41, 5.74) is 8.20. The molecule has 11 heteroatoms. The maximum absolute atomic E-state index is 12.6. The largest absolute Gasteiger partial charge is 0.493 e. The van der Waals surface area contributed by atoms with Crippen LogP contribution >= 0.6 is 0 Å². The van der Waals surface area contributed by atoms with E-state index in [-0.39, 0.29) is 11.5 Å². The van der Waals surface area contributed by atoms with Gasteiger partial charge >= 0.3 is 5.97 Å². The summed E-state index contributed by atoms with van der Waals surface area (Å²) >= 11 is 0. The second kappa shape index (κ2) is 13.4. The standard InChI is InChI=1S/C28H31N5O6/c1-36-24-8-5-20(17-25(24)37-2)23-9-10-30-26(32-23)18-22(29)27(34)31-21-6-3-19(4-7-21)28(35)39-16-13-33-11-14-38-15-12-33/h3-10,17-18H,11-16,29H2,1-2H3,(H,31,34). The van der Waals surface area contributed by atoms with Gasteiger partial charge in [-0.15, -0.1) is 0 Å². The number of benzene rings is 2. The molecule has 3 aromatic rings. The van der Waals surface area contributed by atoms with Crippen LogP contribution in [0.3, 0.4) is 0 Å². The molecule has 204 valence electrons. The zero-order chi connectivity index (χ0) is 27.6. The summed E-state index contributed by atoms with van der Waals surface area (Å²) < 4.78 is 21.3. The third-order valence-electron chi connectivity index (χ3n) is 6.02. The van der Waals surface area contributed by atoms with E-state index in [0.717, 1.165) is 18.7 Å². The number of carbonyl (C=O) groups is 2. The normalized spacial score (nSPS) is 13.9. The second-order valence-corrected chi connectivity index (χ2v) is 8.59. The lowest BCUT2D eigenvalue weighted by atomic mass is 10.1. The molecule has 1 saturated heterocycles. The zero-order valence-electron chi connectivity index (χ0n) is 21.9. The molecule has 2 heterocycles. The van der Waals surface area contributed by atoms with Gasteiger partial charge in [-0.25, -0.2) is 14.8 Å². The van der Waals surface area contributed by atoms with Gasteiger partial charge < -0.3 is 30.0 Å². The van der Waals surface area contributed by atoms with E-state index >= 15 is 0 Å². The van der Waals surface area contributed by atoms with Crippen molar-refractivity contribution in [3.63, 3.8) is 0 Å². The predicted molar refractivity (Wildman–Crippen MR) is 145 cm³/mol. The fraction of sp³-hybridized carbons (Fsp3) is 0.286. The van der Waals surface area contributed by atoms with Crippen LogP contribution in [0, 0.1) is 0 Å². The van der Waals surface area contributed by atoms with Gasteiger partial charge in [-0.05, 0) is 48.5 Å². The number of ether oxygens (including phenoxy) is 4. The van der Waals surface area contributed by atoms with Crippen molar-refractivity contribution < 1.29 is 28.5 Å². The zero-order valence-corrected chi connectivity index (χ0v) is 21.9. The van der Waals surface area contributed by atoms with Gasteiger partial charge in [0.15, 0.2) is 17.3 Å². The number of hydrogen-bond donors (Lipinski definition) is 2. The van der Waals surface area contributed by atoms with Crippen molar-refractivity contribution in [1.29, 1.82) is 0 Å². The number of nitrogens with one attached hydrogen (secondary N) is 1. The Morgan fingerprint density at radius 2 is 1.79 bits per heavy atom. The lowest BCUT2D eigenvalue weighted by Crippen LogP contribution is -2.38. The van der Waals surface area contributed by atoms with Crippen LogP contribution in [0.1, 0.15) is 16.2 Å². The Morgan fingerprint density at radius 3 is 2.51 bits per heavy atom. The summed E-state index contributed by atoms with van der Waals surface area (Å²) in [4.78, 5) is 35.8. The SMILES string of the molecule is COc1ccc(-c2ccnc(C=C(N)C(=O)Nc3ccc(C(=O)OCCN4CCOCC4)cc3)n2)cc1OC. The molecule has 1 aliphatic heterocycles. The van der Waals surface area contributed by atoms with Crippen LogP contribution in [0.4, 0.5) is 5.69 Å². The van der Waals surface area contributed by atoms with Crippen molar-refractivity contribution >= 4 is 23.6 Å². The van der Waals surface area contributed by atoms with E-state index in [1.54, 1.807) is 62.9 Å². The Bertz CT molecular complexity index is 1320. The first-order valence-electron chi connectivity index (χ1n) is 12.4. The molecule has 1 fully saturated rings. The average molecular weight is 534 g/mol. The first-order chi connectivity index (χ1) is 19.0. The lowest BCUT2D eigenvalue weighted by molar-refractivity contribution is -0.112. The maximum atomic E-state index is 12.6. The molecule has 39 heavy (non-hydrogen) atoms. The monoisotopic (exact) mass is 533 g/mol. The van der Waals surface area contributed by atoms with Crippen LogP contribution in [-0.2, 0) is 14.3 Å². The molecule has 1 amide bonds.